The number of rotatable bonds is 5. The molecular weight excluding hydrogens is 260 g/mol. The Labute approximate surface area is 103 Å². The van der Waals surface area contributed by atoms with Gasteiger partial charge in [0.25, 0.3) is 0 Å². The van der Waals surface area contributed by atoms with Gasteiger partial charge in [-0.3, -0.25) is 0 Å². The van der Waals surface area contributed by atoms with Gasteiger partial charge in [0.1, 0.15) is 5.02 Å². The molecule has 84 valence electrons. The second-order valence-electron chi connectivity index (χ2n) is 2.74. The Morgan fingerprint density at radius 2 is 1.93 bits per heavy atom. The van der Waals surface area contributed by atoms with Crippen LogP contribution in [0.25, 0.3) is 0 Å². The van der Waals surface area contributed by atoms with Crippen molar-refractivity contribution in [2.45, 2.75) is 6.42 Å². The van der Waals surface area contributed by atoms with Gasteiger partial charge in [0.15, 0.2) is 5.15 Å². The highest BCUT2D eigenvalue weighted by atomic mass is 35.5. The minimum atomic E-state index is 0.183. The summed E-state index contributed by atoms with van der Waals surface area (Å²) in [5.41, 5.74) is 0. The van der Waals surface area contributed by atoms with Gasteiger partial charge in [-0.05, 0) is 6.07 Å². The highest BCUT2D eigenvalue weighted by Crippen LogP contribution is 2.30. The monoisotopic (exact) mass is 269 g/mol. The van der Waals surface area contributed by atoms with E-state index < -0.39 is 0 Å². The van der Waals surface area contributed by atoms with Crippen molar-refractivity contribution in [3.8, 4) is 5.88 Å². The van der Waals surface area contributed by atoms with E-state index in [2.05, 4.69) is 4.98 Å². The Morgan fingerprint density at radius 1 is 1.20 bits per heavy atom. The molecule has 3 nitrogen and oxygen atoms in total. The van der Waals surface area contributed by atoms with Crippen LogP contribution in [-0.4, -0.2) is 25.3 Å². The zero-order valence-electron chi connectivity index (χ0n) is 8.10. The van der Waals surface area contributed by atoms with Crippen LogP contribution in [0.1, 0.15) is 6.42 Å². The molecule has 0 atom stereocenters. The van der Waals surface area contributed by atoms with E-state index in [1.54, 1.807) is 7.11 Å². The summed E-state index contributed by atoms with van der Waals surface area (Å²) in [5, 5.41) is 0.843. The van der Waals surface area contributed by atoms with Crippen molar-refractivity contribution in [1.29, 1.82) is 0 Å². The van der Waals surface area contributed by atoms with Crippen molar-refractivity contribution >= 4 is 34.8 Å². The molecule has 6 heteroatoms. The maximum absolute atomic E-state index is 5.85. The largest absolute Gasteiger partial charge is 0.476 e. The van der Waals surface area contributed by atoms with Crippen molar-refractivity contribution < 1.29 is 9.47 Å². The highest BCUT2D eigenvalue weighted by molar-refractivity contribution is 6.42. The number of hydrogen-bond donors (Lipinski definition) is 0. The zero-order chi connectivity index (χ0) is 11.3. The SMILES string of the molecule is COCCCOc1nc(Cl)c(Cl)cc1Cl. The summed E-state index contributed by atoms with van der Waals surface area (Å²) in [4.78, 5) is 3.91. The second kappa shape index (κ2) is 6.38. The van der Waals surface area contributed by atoms with Crippen LogP contribution in [0.4, 0.5) is 0 Å². The summed E-state index contributed by atoms with van der Waals surface area (Å²) in [7, 11) is 1.63. The Morgan fingerprint density at radius 3 is 2.60 bits per heavy atom. The van der Waals surface area contributed by atoms with Gasteiger partial charge >= 0.3 is 0 Å². The van der Waals surface area contributed by atoms with E-state index in [9.17, 15) is 0 Å². The summed E-state index contributed by atoms with van der Waals surface area (Å²) in [6, 6.07) is 1.50. The number of hydrogen-bond acceptors (Lipinski definition) is 3. The maximum Gasteiger partial charge on any atom is 0.234 e. The van der Waals surface area contributed by atoms with Crippen LogP contribution in [0.5, 0.6) is 5.88 Å². The van der Waals surface area contributed by atoms with Crippen molar-refractivity contribution in [3.63, 3.8) is 0 Å². The Hall–Kier alpha value is -0.220. The van der Waals surface area contributed by atoms with E-state index in [1.807, 2.05) is 0 Å². The third kappa shape index (κ3) is 4.03. The van der Waals surface area contributed by atoms with Crippen LogP contribution in [0.3, 0.4) is 0 Å². The lowest BCUT2D eigenvalue weighted by Crippen LogP contribution is -2.03. The highest BCUT2D eigenvalue weighted by Gasteiger charge is 2.08. The summed E-state index contributed by atoms with van der Waals surface area (Å²) in [6.07, 6.45) is 0.759. The van der Waals surface area contributed by atoms with Gasteiger partial charge in [0, 0.05) is 20.1 Å². The molecule has 0 aliphatic rings. The zero-order valence-corrected chi connectivity index (χ0v) is 10.4. The fourth-order valence-corrected chi connectivity index (χ4v) is 1.45. The van der Waals surface area contributed by atoms with Crippen LogP contribution in [0, 0.1) is 0 Å². The molecule has 0 amide bonds. The summed E-state index contributed by atoms with van der Waals surface area (Å²) >= 11 is 17.3. The van der Waals surface area contributed by atoms with Crippen LogP contribution in [-0.2, 0) is 4.74 Å². The maximum atomic E-state index is 5.85. The molecule has 15 heavy (non-hydrogen) atoms. The first kappa shape index (κ1) is 12.8. The number of ether oxygens (including phenoxy) is 2. The topological polar surface area (TPSA) is 31.4 Å². The molecule has 1 aromatic heterocycles. The van der Waals surface area contributed by atoms with Gasteiger partial charge in [-0.1, -0.05) is 34.8 Å². The van der Waals surface area contributed by atoms with Gasteiger partial charge in [-0.15, -0.1) is 0 Å². The summed E-state index contributed by atoms with van der Waals surface area (Å²) in [5.74, 6) is 0.294. The average molecular weight is 271 g/mol. The number of halogens is 3. The number of pyridine rings is 1. The fourth-order valence-electron chi connectivity index (χ4n) is 0.902. The summed E-state index contributed by atoms with van der Waals surface area (Å²) in [6.45, 7) is 1.09. The van der Waals surface area contributed by atoms with E-state index >= 15 is 0 Å². The predicted octanol–water partition coefficient (Wildman–Crippen LogP) is 3.46. The van der Waals surface area contributed by atoms with Crippen LogP contribution in [0.2, 0.25) is 15.2 Å². The molecule has 1 aromatic rings. The van der Waals surface area contributed by atoms with Gasteiger partial charge in [0.2, 0.25) is 5.88 Å². The molecule has 0 N–H and O–H groups in total. The molecule has 0 spiro atoms. The third-order valence-electron chi connectivity index (χ3n) is 1.59. The fraction of sp³-hybridized carbons (Fsp3) is 0.444. The van der Waals surface area contributed by atoms with Gasteiger partial charge in [-0.25, -0.2) is 0 Å². The molecule has 0 saturated carbocycles. The number of methoxy groups -OCH3 is 1. The molecule has 0 fully saturated rings. The van der Waals surface area contributed by atoms with Crippen LogP contribution >= 0.6 is 34.8 Å². The van der Waals surface area contributed by atoms with Gasteiger partial charge in [0.05, 0.1) is 11.6 Å². The lowest BCUT2D eigenvalue weighted by atomic mass is 10.4. The van der Waals surface area contributed by atoms with E-state index in [-0.39, 0.29) is 5.15 Å². The first-order valence-corrected chi connectivity index (χ1v) is 5.42. The standard InChI is InChI=1S/C9H10Cl3NO2/c1-14-3-2-4-15-9-7(11)5-6(10)8(12)13-9/h5H,2-4H2,1H3. The van der Waals surface area contributed by atoms with Crippen molar-refractivity contribution in [2.75, 3.05) is 20.3 Å². The quantitative estimate of drug-likeness (QED) is 0.606. The molecule has 0 radical (unpaired) electrons. The first-order chi connectivity index (χ1) is 7.15. The molecule has 0 aliphatic carbocycles. The van der Waals surface area contributed by atoms with Gasteiger partial charge < -0.3 is 9.47 Å². The lowest BCUT2D eigenvalue weighted by molar-refractivity contribution is 0.170. The molecule has 0 saturated heterocycles. The van der Waals surface area contributed by atoms with Crippen molar-refractivity contribution in [1.82, 2.24) is 4.98 Å². The molecule has 0 unspecified atom stereocenters. The lowest BCUT2D eigenvalue weighted by Gasteiger charge is -2.07. The van der Waals surface area contributed by atoms with E-state index in [1.165, 1.54) is 6.07 Å². The van der Waals surface area contributed by atoms with Gasteiger partial charge in [-0.2, -0.15) is 4.98 Å². The molecule has 1 rings (SSSR count). The Kier molecular flexibility index (Phi) is 5.47. The molecule has 0 aliphatic heterocycles. The third-order valence-corrected chi connectivity index (χ3v) is 2.53. The molecule has 0 aromatic carbocycles. The van der Waals surface area contributed by atoms with E-state index in [0.717, 1.165) is 6.42 Å². The minimum Gasteiger partial charge on any atom is -0.476 e. The Bertz CT molecular complexity index is 333. The number of nitrogens with zero attached hydrogens (tertiary/aromatic N) is 1. The summed E-state index contributed by atoms with van der Waals surface area (Å²) < 4.78 is 10.2. The molecular formula is C9H10Cl3NO2. The Balaban J connectivity index is 2.57. The normalized spacial score (nSPS) is 10.4. The van der Waals surface area contributed by atoms with Crippen LogP contribution in [0.15, 0.2) is 6.07 Å². The second-order valence-corrected chi connectivity index (χ2v) is 3.92. The number of aromatic nitrogens is 1. The average Bonchev–Trinajstić information content (AvgIpc) is 2.20. The molecule has 1 heterocycles. The minimum absolute atomic E-state index is 0.183. The van der Waals surface area contributed by atoms with E-state index in [0.29, 0.717) is 29.1 Å². The first-order valence-electron chi connectivity index (χ1n) is 4.28. The van der Waals surface area contributed by atoms with Crippen molar-refractivity contribution in [3.05, 3.63) is 21.3 Å². The smallest absolute Gasteiger partial charge is 0.234 e. The van der Waals surface area contributed by atoms with Crippen molar-refractivity contribution in [2.24, 2.45) is 0 Å². The van der Waals surface area contributed by atoms with E-state index in [4.69, 9.17) is 44.3 Å². The van der Waals surface area contributed by atoms with Crippen LogP contribution < -0.4 is 4.74 Å². The predicted molar refractivity (Wildman–Crippen MR) is 61.3 cm³/mol. The molecule has 0 bridgehead atoms.